The second kappa shape index (κ2) is 5.05. The molecule has 0 spiro atoms. The monoisotopic (exact) mass is 226 g/mol. The fourth-order valence-corrected chi connectivity index (χ4v) is 2.98. The zero-order valence-corrected chi connectivity index (χ0v) is 9.93. The van der Waals surface area contributed by atoms with Gasteiger partial charge >= 0.3 is 0 Å². The molecule has 0 bridgehead atoms. The molecule has 1 aliphatic heterocycles. The van der Waals surface area contributed by atoms with Crippen molar-refractivity contribution in [2.45, 2.75) is 44.8 Å². The summed E-state index contributed by atoms with van der Waals surface area (Å²) in [4.78, 5) is 5.71. The Balaban J connectivity index is 1.88. The van der Waals surface area contributed by atoms with Crippen LogP contribution in [0.2, 0.25) is 0 Å². The maximum absolute atomic E-state index is 5.75. The highest BCUT2D eigenvalue weighted by atomic mass is 32.1. The van der Waals surface area contributed by atoms with Crippen LogP contribution in [0.5, 0.6) is 0 Å². The molecule has 0 amide bonds. The zero-order chi connectivity index (χ0) is 10.7. The van der Waals surface area contributed by atoms with Crippen LogP contribution < -0.4 is 5.73 Å². The van der Waals surface area contributed by atoms with E-state index in [2.05, 4.69) is 4.98 Å². The minimum Gasteiger partial charge on any atom is -0.378 e. The number of thiazole rings is 1. The molecule has 2 heterocycles. The summed E-state index contributed by atoms with van der Waals surface area (Å²) in [7, 11) is 0. The molecule has 2 rings (SSSR count). The first-order valence-corrected chi connectivity index (χ1v) is 6.36. The Morgan fingerprint density at radius 3 is 3.27 bits per heavy atom. The summed E-state index contributed by atoms with van der Waals surface area (Å²) in [6, 6.07) is 0.223. The van der Waals surface area contributed by atoms with Crippen LogP contribution in [0, 0.1) is 0 Å². The Morgan fingerprint density at radius 1 is 1.73 bits per heavy atom. The van der Waals surface area contributed by atoms with Crippen LogP contribution in [0.15, 0.2) is 6.20 Å². The van der Waals surface area contributed by atoms with Crippen LogP contribution in [0.1, 0.15) is 29.7 Å². The van der Waals surface area contributed by atoms with E-state index in [-0.39, 0.29) is 6.04 Å². The van der Waals surface area contributed by atoms with E-state index >= 15 is 0 Å². The van der Waals surface area contributed by atoms with E-state index < -0.39 is 0 Å². The summed E-state index contributed by atoms with van der Waals surface area (Å²) in [5.74, 6) is 0. The third-order valence-corrected chi connectivity index (χ3v) is 3.59. The second-order valence-corrected chi connectivity index (χ2v) is 5.44. The summed E-state index contributed by atoms with van der Waals surface area (Å²) in [6.45, 7) is 2.95. The van der Waals surface area contributed by atoms with Crippen molar-refractivity contribution in [1.29, 1.82) is 0 Å². The van der Waals surface area contributed by atoms with E-state index in [4.69, 9.17) is 10.5 Å². The smallest absolute Gasteiger partial charge is 0.0953 e. The van der Waals surface area contributed by atoms with Crippen molar-refractivity contribution in [1.82, 2.24) is 4.98 Å². The number of hydrogen-bond acceptors (Lipinski definition) is 4. The maximum Gasteiger partial charge on any atom is 0.0953 e. The Labute approximate surface area is 94.7 Å². The number of aromatic nitrogens is 1. The average Bonchev–Trinajstić information content (AvgIpc) is 2.77. The molecule has 2 N–H and O–H groups in total. The molecule has 1 saturated heterocycles. The Morgan fingerprint density at radius 2 is 2.60 bits per heavy atom. The van der Waals surface area contributed by atoms with Gasteiger partial charge in [0.15, 0.2) is 0 Å². The molecule has 4 heteroatoms. The van der Waals surface area contributed by atoms with Gasteiger partial charge in [-0.3, -0.25) is 0 Å². The van der Waals surface area contributed by atoms with Crippen molar-refractivity contribution in [2.24, 2.45) is 5.73 Å². The number of ether oxygens (including phenoxy) is 1. The number of rotatable bonds is 4. The molecule has 3 nitrogen and oxygen atoms in total. The highest BCUT2D eigenvalue weighted by molar-refractivity contribution is 7.11. The first kappa shape index (κ1) is 11.0. The fraction of sp³-hybridized carbons (Fsp3) is 0.727. The van der Waals surface area contributed by atoms with Gasteiger partial charge in [0.1, 0.15) is 0 Å². The van der Waals surface area contributed by atoms with Crippen LogP contribution in [0.3, 0.4) is 0 Å². The van der Waals surface area contributed by atoms with E-state index in [1.54, 1.807) is 11.3 Å². The molecule has 84 valence electrons. The molecule has 2 atom stereocenters. The first-order valence-electron chi connectivity index (χ1n) is 5.55. The molecular formula is C11H18N2OS. The largest absolute Gasteiger partial charge is 0.378 e. The van der Waals surface area contributed by atoms with Crippen LogP contribution in [-0.4, -0.2) is 23.7 Å². The fourth-order valence-electron chi connectivity index (χ4n) is 1.85. The van der Waals surface area contributed by atoms with Crippen molar-refractivity contribution >= 4 is 11.3 Å². The van der Waals surface area contributed by atoms with Gasteiger partial charge in [-0.15, -0.1) is 11.3 Å². The van der Waals surface area contributed by atoms with E-state index in [0.29, 0.717) is 6.10 Å². The van der Waals surface area contributed by atoms with Crippen molar-refractivity contribution in [3.63, 3.8) is 0 Å². The lowest BCUT2D eigenvalue weighted by Crippen LogP contribution is -2.16. The molecule has 1 aliphatic rings. The Bertz CT molecular complexity index is 305. The highest BCUT2D eigenvalue weighted by Crippen LogP contribution is 2.21. The summed E-state index contributed by atoms with van der Waals surface area (Å²) >= 11 is 1.78. The minimum atomic E-state index is 0.223. The van der Waals surface area contributed by atoms with Gasteiger partial charge in [0.2, 0.25) is 0 Å². The van der Waals surface area contributed by atoms with Crippen molar-refractivity contribution in [3.8, 4) is 0 Å². The molecule has 2 unspecified atom stereocenters. The molecule has 1 aromatic rings. The lowest BCUT2D eigenvalue weighted by Gasteiger charge is -2.05. The van der Waals surface area contributed by atoms with E-state index in [9.17, 15) is 0 Å². The molecule has 0 aromatic carbocycles. The summed E-state index contributed by atoms with van der Waals surface area (Å²) < 4.78 is 5.59. The van der Waals surface area contributed by atoms with Crippen LogP contribution in [0.4, 0.5) is 0 Å². The van der Waals surface area contributed by atoms with Gasteiger partial charge < -0.3 is 10.5 Å². The van der Waals surface area contributed by atoms with Gasteiger partial charge in [-0.05, 0) is 26.2 Å². The number of nitrogens with zero attached hydrogens (tertiary/aromatic N) is 1. The van der Waals surface area contributed by atoms with Gasteiger partial charge in [-0.25, -0.2) is 4.98 Å². The molecule has 0 radical (unpaired) electrons. The molecule has 1 aromatic heterocycles. The first-order chi connectivity index (χ1) is 7.24. The lowest BCUT2D eigenvalue weighted by molar-refractivity contribution is 0.111. The standard InChI is InChI=1S/C11H18N2OS/c1-8(12)5-10-7-13-11(15-10)6-9-3-2-4-14-9/h7-9H,2-6,12H2,1H3. The predicted octanol–water partition coefficient (Wildman–Crippen LogP) is 1.75. The molecule has 0 aliphatic carbocycles. The number of nitrogens with two attached hydrogens (primary N) is 1. The van der Waals surface area contributed by atoms with Crippen molar-refractivity contribution in [2.75, 3.05) is 6.61 Å². The van der Waals surface area contributed by atoms with Crippen molar-refractivity contribution in [3.05, 3.63) is 16.1 Å². The highest BCUT2D eigenvalue weighted by Gasteiger charge is 2.17. The van der Waals surface area contributed by atoms with Crippen molar-refractivity contribution < 1.29 is 4.74 Å². The lowest BCUT2D eigenvalue weighted by atomic mass is 10.2. The zero-order valence-electron chi connectivity index (χ0n) is 9.11. The SMILES string of the molecule is CC(N)Cc1cnc(CC2CCCO2)s1. The van der Waals surface area contributed by atoms with Crippen LogP contribution in [0.25, 0.3) is 0 Å². The summed E-state index contributed by atoms with van der Waals surface area (Å²) in [5, 5.41) is 1.19. The summed E-state index contributed by atoms with van der Waals surface area (Å²) in [6.07, 6.45) is 6.65. The normalized spacial score (nSPS) is 23.2. The Hall–Kier alpha value is -0.450. The third kappa shape index (κ3) is 3.26. The minimum absolute atomic E-state index is 0.223. The van der Waals surface area contributed by atoms with Gasteiger partial charge in [-0.2, -0.15) is 0 Å². The molecule has 0 saturated carbocycles. The molecule has 15 heavy (non-hydrogen) atoms. The van der Waals surface area contributed by atoms with Gasteiger partial charge in [0.25, 0.3) is 0 Å². The van der Waals surface area contributed by atoms with Crippen LogP contribution >= 0.6 is 11.3 Å². The van der Waals surface area contributed by atoms with Gasteiger partial charge in [0, 0.05) is 30.1 Å². The average molecular weight is 226 g/mol. The summed E-state index contributed by atoms with van der Waals surface area (Å²) in [5.41, 5.74) is 5.75. The maximum atomic E-state index is 5.75. The second-order valence-electron chi connectivity index (χ2n) is 4.24. The Kier molecular flexibility index (Phi) is 3.72. The predicted molar refractivity (Wildman–Crippen MR) is 62.1 cm³/mol. The third-order valence-electron chi connectivity index (χ3n) is 2.55. The van der Waals surface area contributed by atoms with E-state index in [0.717, 1.165) is 19.4 Å². The molecule has 1 fully saturated rings. The molecular weight excluding hydrogens is 208 g/mol. The van der Waals surface area contributed by atoms with E-state index in [1.807, 2.05) is 13.1 Å². The van der Waals surface area contributed by atoms with Gasteiger partial charge in [0.05, 0.1) is 11.1 Å². The quantitative estimate of drug-likeness (QED) is 0.851. The van der Waals surface area contributed by atoms with Gasteiger partial charge in [-0.1, -0.05) is 0 Å². The number of hydrogen-bond donors (Lipinski definition) is 1. The van der Waals surface area contributed by atoms with E-state index in [1.165, 1.54) is 22.7 Å². The van der Waals surface area contributed by atoms with Crippen LogP contribution in [-0.2, 0) is 17.6 Å². The topological polar surface area (TPSA) is 48.1 Å².